The van der Waals surface area contributed by atoms with Gasteiger partial charge in [0.15, 0.2) is 0 Å². The van der Waals surface area contributed by atoms with E-state index in [0.29, 0.717) is 0 Å². The van der Waals surface area contributed by atoms with Crippen LogP contribution in [0.4, 0.5) is 34.1 Å². The molecule has 4 heterocycles. The van der Waals surface area contributed by atoms with Crippen LogP contribution in [-0.4, -0.2) is 13.4 Å². The van der Waals surface area contributed by atoms with Crippen molar-refractivity contribution in [2.24, 2.45) is 0 Å². The molecular formula is C72H50B2N2S4. The molecule has 0 aromatic heterocycles. The van der Waals surface area contributed by atoms with Gasteiger partial charge < -0.3 is 9.80 Å². The Bertz CT molecular complexity index is 4090. The van der Waals surface area contributed by atoms with Gasteiger partial charge in [-0.1, -0.05) is 248 Å². The van der Waals surface area contributed by atoms with Gasteiger partial charge >= 0.3 is 0 Å². The summed E-state index contributed by atoms with van der Waals surface area (Å²) in [4.78, 5) is 15.7. The van der Waals surface area contributed by atoms with E-state index in [9.17, 15) is 0 Å². The second kappa shape index (κ2) is 17.5. The molecule has 2 nitrogen and oxygen atoms in total. The predicted octanol–water partition coefficient (Wildman–Crippen LogP) is 16.1. The first-order valence-corrected chi connectivity index (χ1v) is 31.1. The van der Waals surface area contributed by atoms with Crippen molar-refractivity contribution in [3.8, 4) is 22.3 Å². The Morgan fingerprint density at radius 2 is 0.625 bits per heavy atom. The molecule has 0 saturated heterocycles. The number of hydrogen-bond donors (Lipinski definition) is 0. The third-order valence-corrected chi connectivity index (χ3v) is 22.7. The highest BCUT2D eigenvalue weighted by Crippen LogP contribution is 2.57. The smallest absolute Gasteiger partial charge is 0.247 e. The molecule has 11 aromatic rings. The van der Waals surface area contributed by atoms with Gasteiger partial charge in [0.2, 0.25) is 13.4 Å². The first-order valence-electron chi connectivity index (χ1n) is 27.8. The summed E-state index contributed by atoms with van der Waals surface area (Å²) in [5.41, 5.74) is 26.4. The zero-order chi connectivity index (χ0) is 53.2. The summed E-state index contributed by atoms with van der Waals surface area (Å²) in [7, 11) is 0. The molecule has 80 heavy (non-hydrogen) atoms. The standard InChI is InChI=1S/C72H50B2N2S4/c1-71(2)51-31-19-17-29-49(51)65-53(71)33-35-55-69(65)79-63-39-47(75(43-21-9-5-10-22-43)44-23-11-6-12-24-44)37-61-67(63)73(55)57-41-58-60(42-59(57)77-61)78-62-38-48(76(45-25-13-7-14-26-45)46-27-15-8-16-28-46)40-64-68(62)74(58)56-36-34-54-66(70(56)80-64)50-30-18-20-32-52(50)72(54,3)4/h5-42H,1-4H3. The van der Waals surface area contributed by atoms with E-state index in [4.69, 9.17) is 0 Å². The van der Waals surface area contributed by atoms with Gasteiger partial charge in [-0.25, -0.2) is 0 Å². The van der Waals surface area contributed by atoms with Crippen molar-refractivity contribution in [3.63, 3.8) is 0 Å². The molecule has 2 aliphatic carbocycles. The Hall–Kier alpha value is -7.45. The van der Waals surface area contributed by atoms with E-state index < -0.39 is 0 Å². The minimum atomic E-state index is -0.116. The van der Waals surface area contributed by atoms with Crippen molar-refractivity contribution in [1.29, 1.82) is 0 Å². The summed E-state index contributed by atoms with van der Waals surface area (Å²) in [5.74, 6) is 0. The molecule has 0 radical (unpaired) electrons. The second-order valence-corrected chi connectivity index (χ2v) is 27.4. The topological polar surface area (TPSA) is 6.48 Å². The van der Waals surface area contributed by atoms with Gasteiger partial charge in [0, 0.05) is 84.1 Å². The number of fused-ring (bicyclic) bond motifs is 16. The maximum atomic E-state index is 2.69. The molecule has 0 bridgehead atoms. The van der Waals surface area contributed by atoms with Crippen molar-refractivity contribution in [3.05, 3.63) is 253 Å². The van der Waals surface area contributed by atoms with Gasteiger partial charge in [-0.05, 0) is 134 Å². The monoisotopic (exact) mass is 1090 g/mol. The number of anilines is 6. The fraction of sp³-hybridized carbons (Fsp3) is 0.0833. The predicted molar refractivity (Wildman–Crippen MR) is 343 cm³/mol. The maximum absolute atomic E-state index is 2.69. The zero-order valence-electron chi connectivity index (χ0n) is 44.6. The molecule has 0 N–H and O–H groups in total. The molecule has 0 saturated carbocycles. The summed E-state index contributed by atoms with van der Waals surface area (Å²) in [5, 5.41) is 0. The van der Waals surface area contributed by atoms with E-state index in [1.807, 2.05) is 47.0 Å². The molecule has 0 spiro atoms. The number of rotatable bonds is 6. The molecule has 6 aliphatic rings. The lowest BCUT2D eigenvalue weighted by atomic mass is 9.33. The van der Waals surface area contributed by atoms with Gasteiger partial charge in [-0.3, -0.25) is 0 Å². The number of hydrogen-bond acceptors (Lipinski definition) is 6. The number of para-hydroxylation sites is 4. The summed E-state index contributed by atoms with van der Waals surface area (Å²) in [6.45, 7) is 9.75. The average molecular weight is 1090 g/mol. The van der Waals surface area contributed by atoms with Crippen molar-refractivity contribution < 1.29 is 0 Å². The van der Waals surface area contributed by atoms with Crippen molar-refractivity contribution >= 4 is 127 Å². The van der Waals surface area contributed by atoms with Gasteiger partial charge in [-0.2, -0.15) is 0 Å². The molecule has 0 fully saturated rings. The minimum absolute atomic E-state index is 0.0404. The van der Waals surface area contributed by atoms with Crippen molar-refractivity contribution in [1.82, 2.24) is 0 Å². The van der Waals surface area contributed by atoms with Crippen LogP contribution in [0.1, 0.15) is 49.9 Å². The average Bonchev–Trinajstić information content (AvgIpc) is 3.98. The van der Waals surface area contributed by atoms with Crippen LogP contribution in [-0.2, 0) is 10.8 Å². The highest BCUT2D eigenvalue weighted by Gasteiger charge is 2.48. The third-order valence-electron chi connectivity index (χ3n) is 18.0. The Morgan fingerprint density at radius 1 is 0.287 bits per heavy atom. The lowest BCUT2D eigenvalue weighted by Gasteiger charge is -2.39. The van der Waals surface area contributed by atoms with Crippen LogP contribution in [0.2, 0.25) is 0 Å². The van der Waals surface area contributed by atoms with Crippen LogP contribution < -0.4 is 42.6 Å². The molecular weight excluding hydrogens is 1040 g/mol. The summed E-state index contributed by atoms with van der Waals surface area (Å²) in [6.07, 6.45) is 0. The molecule has 17 rings (SSSR count). The fourth-order valence-electron chi connectivity index (χ4n) is 14.4. The van der Waals surface area contributed by atoms with Crippen LogP contribution in [0.5, 0.6) is 0 Å². The number of nitrogens with zero attached hydrogens (tertiary/aromatic N) is 2. The van der Waals surface area contributed by atoms with Crippen LogP contribution in [0, 0.1) is 0 Å². The Labute approximate surface area is 486 Å². The summed E-state index contributed by atoms with van der Waals surface area (Å²) < 4.78 is 0. The molecule has 11 aromatic carbocycles. The van der Waals surface area contributed by atoms with E-state index in [1.54, 1.807) is 0 Å². The van der Waals surface area contributed by atoms with E-state index >= 15 is 0 Å². The molecule has 0 atom stereocenters. The number of benzene rings is 11. The normalized spacial score (nSPS) is 15.2. The van der Waals surface area contributed by atoms with E-state index in [-0.39, 0.29) is 24.3 Å². The SMILES string of the molecule is CC1(C)c2ccccc2-c2c1ccc1c2Sc2cc(N(c3ccccc3)c3ccccc3)cc3c2B1c1cc2c(cc1S3)Sc1cc(N(c3ccccc3)c3ccccc3)cc3c1B2c1ccc2c(c1S3)-c1ccccc1C2(C)C. The molecule has 4 aliphatic heterocycles. The fourth-order valence-corrected chi connectivity index (χ4v) is 19.8. The summed E-state index contributed by atoms with van der Waals surface area (Å²) >= 11 is 7.94. The molecule has 0 amide bonds. The Morgan fingerprint density at radius 3 is 1.00 bits per heavy atom. The highest BCUT2D eigenvalue weighted by molar-refractivity contribution is 8.02. The van der Waals surface area contributed by atoms with Crippen molar-refractivity contribution in [2.45, 2.75) is 77.7 Å². The zero-order valence-corrected chi connectivity index (χ0v) is 47.9. The Kier molecular flexibility index (Phi) is 10.4. The lowest BCUT2D eigenvalue weighted by molar-refractivity contribution is 0.659. The minimum Gasteiger partial charge on any atom is -0.310 e. The first-order chi connectivity index (χ1) is 39.2. The Balaban J connectivity index is 0.914. The maximum Gasteiger partial charge on any atom is 0.247 e. The van der Waals surface area contributed by atoms with Gasteiger partial charge in [0.25, 0.3) is 0 Å². The highest BCUT2D eigenvalue weighted by atomic mass is 32.2. The quantitative estimate of drug-likeness (QED) is 0.152. The third kappa shape index (κ3) is 6.77. The van der Waals surface area contributed by atoms with Crippen LogP contribution >= 0.6 is 47.0 Å². The molecule has 0 unspecified atom stereocenters. The van der Waals surface area contributed by atoms with E-state index in [0.717, 1.165) is 22.7 Å². The first kappa shape index (κ1) is 47.4. The van der Waals surface area contributed by atoms with Crippen LogP contribution in [0.15, 0.2) is 270 Å². The van der Waals surface area contributed by atoms with Gasteiger partial charge in [0.05, 0.1) is 0 Å². The lowest BCUT2D eigenvalue weighted by Crippen LogP contribution is -2.62. The van der Waals surface area contributed by atoms with Gasteiger partial charge in [0.1, 0.15) is 0 Å². The second-order valence-electron chi connectivity index (χ2n) is 23.1. The van der Waals surface area contributed by atoms with Gasteiger partial charge in [-0.15, -0.1) is 0 Å². The van der Waals surface area contributed by atoms with Crippen molar-refractivity contribution in [2.75, 3.05) is 9.80 Å². The molecule has 378 valence electrons. The molecule has 8 heteroatoms. The van der Waals surface area contributed by atoms with E-state index in [2.05, 4.69) is 268 Å². The summed E-state index contributed by atoms with van der Waals surface area (Å²) in [6, 6.07) is 87.3. The van der Waals surface area contributed by atoms with Crippen LogP contribution in [0.3, 0.4) is 0 Å². The largest absolute Gasteiger partial charge is 0.310 e. The van der Waals surface area contributed by atoms with Crippen LogP contribution in [0.25, 0.3) is 22.3 Å². The van der Waals surface area contributed by atoms with E-state index in [1.165, 1.54) is 128 Å².